The molecule has 0 aliphatic heterocycles. The van der Waals surface area contributed by atoms with Crippen LogP contribution in [0.5, 0.6) is 0 Å². The molecule has 1 fully saturated rings. The van der Waals surface area contributed by atoms with Gasteiger partial charge in [-0.3, -0.25) is 10.1 Å². The zero-order chi connectivity index (χ0) is 13.8. The predicted molar refractivity (Wildman–Crippen MR) is 72.8 cm³/mol. The lowest BCUT2D eigenvalue weighted by Gasteiger charge is -2.08. The van der Waals surface area contributed by atoms with Crippen LogP contribution in [0.15, 0.2) is 16.6 Å². The molecule has 1 aliphatic carbocycles. The smallest absolute Gasteiger partial charge is 0.293 e. The van der Waals surface area contributed by atoms with Crippen molar-refractivity contribution < 1.29 is 14.1 Å². The Morgan fingerprint density at radius 2 is 2.26 bits per heavy atom. The molecule has 0 atom stereocenters. The number of ether oxygens (including phenoxy) is 1. The Balaban J connectivity index is 1.89. The van der Waals surface area contributed by atoms with Crippen LogP contribution in [-0.2, 0) is 4.74 Å². The maximum Gasteiger partial charge on any atom is 0.293 e. The van der Waals surface area contributed by atoms with E-state index >= 15 is 0 Å². The van der Waals surface area contributed by atoms with Gasteiger partial charge in [0, 0.05) is 25.3 Å². The summed E-state index contributed by atoms with van der Waals surface area (Å²) in [6, 6.07) is 2.27. The molecular formula is C12H14BrFN2O3. The summed E-state index contributed by atoms with van der Waals surface area (Å²) in [6.07, 6.45) is 2.44. The molecule has 1 saturated carbocycles. The fraction of sp³-hybridized carbons (Fsp3) is 0.500. The first-order valence-corrected chi connectivity index (χ1v) is 6.82. The minimum absolute atomic E-state index is 0.0785. The SMILES string of the molecule is O=[N+]([O-])c1cc(Br)c(F)cc1NCCOCC1CC1. The molecule has 1 aliphatic rings. The number of benzene rings is 1. The van der Waals surface area contributed by atoms with E-state index in [1.165, 1.54) is 12.8 Å². The minimum atomic E-state index is -0.544. The van der Waals surface area contributed by atoms with Crippen molar-refractivity contribution in [3.63, 3.8) is 0 Å². The number of rotatable bonds is 7. The van der Waals surface area contributed by atoms with Crippen LogP contribution in [0, 0.1) is 21.8 Å². The highest BCUT2D eigenvalue weighted by Gasteiger charge is 2.21. The Bertz CT molecular complexity index is 480. The number of hydrogen-bond acceptors (Lipinski definition) is 4. The summed E-state index contributed by atoms with van der Waals surface area (Å²) >= 11 is 2.93. The Morgan fingerprint density at radius 3 is 2.89 bits per heavy atom. The second kappa shape index (κ2) is 6.29. The van der Waals surface area contributed by atoms with Gasteiger partial charge in [-0.1, -0.05) is 0 Å². The summed E-state index contributed by atoms with van der Waals surface area (Å²) in [6.45, 7) is 1.60. The van der Waals surface area contributed by atoms with Gasteiger partial charge in [0.15, 0.2) is 0 Å². The molecular weight excluding hydrogens is 319 g/mol. The van der Waals surface area contributed by atoms with Crippen LogP contribution in [0.2, 0.25) is 0 Å². The molecule has 1 aromatic carbocycles. The summed E-state index contributed by atoms with van der Waals surface area (Å²) in [7, 11) is 0. The van der Waals surface area contributed by atoms with E-state index in [1.54, 1.807) is 0 Å². The molecule has 104 valence electrons. The fourth-order valence-electron chi connectivity index (χ4n) is 1.62. The van der Waals surface area contributed by atoms with Crippen molar-refractivity contribution in [1.29, 1.82) is 0 Å². The molecule has 1 aromatic rings. The topological polar surface area (TPSA) is 64.4 Å². The molecule has 0 bridgehead atoms. The summed E-state index contributed by atoms with van der Waals surface area (Å²) in [5.74, 6) is 0.145. The normalized spacial score (nSPS) is 14.4. The van der Waals surface area contributed by atoms with Crippen molar-refractivity contribution in [1.82, 2.24) is 0 Å². The predicted octanol–water partition coefficient (Wildman–Crippen LogP) is 3.33. The highest BCUT2D eigenvalue weighted by molar-refractivity contribution is 9.10. The van der Waals surface area contributed by atoms with Crippen LogP contribution in [0.25, 0.3) is 0 Å². The fourth-order valence-corrected chi connectivity index (χ4v) is 1.95. The van der Waals surface area contributed by atoms with Crippen molar-refractivity contribution in [3.05, 3.63) is 32.5 Å². The van der Waals surface area contributed by atoms with Crippen molar-refractivity contribution in [3.8, 4) is 0 Å². The van der Waals surface area contributed by atoms with Crippen LogP contribution in [0.3, 0.4) is 0 Å². The van der Waals surface area contributed by atoms with Gasteiger partial charge in [-0.25, -0.2) is 4.39 Å². The number of nitro groups is 1. The van der Waals surface area contributed by atoms with Gasteiger partial charge in [0.05, 0.1) is 16.0 Å². The first-order chi connectivity index (χ1) is 9.08. The average Bonchev–Trinajstić information content (AvgIpc) is 3.16. The Morgan fingerprint density at radius 1 is 1.53 bits per heavy atom. The summed E-state index contributed by atoms with van der Waals surface area (Å²) in [5.41, 5.74) is 0.0104. The second-order valence-electron chi connectivity index (χ2n) is 4.49. The number of hydrogen-bond donors (Lipinski definition) is 1. The van der Waals surface area contributed by atoms with Gasteiger partial charge in [-0.05, 0) is 34.7 Å². The molecule has 0 amide bonds. The van der Waals surface area contributed by atoms with E-state index in [0.717, 1.165) is 18.7 Å². The largest absolute Gasteiger partial charge is 0.379 e. The van der Waals surface area contributed by atoms with Gasteiger partial charge in [-0.15, -0.1) is 0 Å². The van der Waals surface area contributed by atoms with Crippen LogP contribution in [0.1, 0.15) is 12.8 Å². The molecule has 7 heteroatoms. The number of nitro benzene ring substituents is 1. The average molecular weight is 333 g/mol. The third kappa shape index (κ3) is 4.14. The van der Waals surface area contributed by atoms with E-state index in [4.69, 9.17) is 4.74 Å². The minimum Gasteiger partial charge on any atom is -0.379 e. The number of nitrogens with one attached hydrogen (secondary N) is 1. The zero-order valence-corrected chi connectivity index (χ0v) is 11.8. The highest BCUT2D eigenvalue weighted by atomic mass is 79.9. The van der Waals surface area contributed by atoms with Gasteiger partial charge in [0.1, 0.15) is 11.5 Å². The number of halogens is 2. The van der Waals surface area contributed by atoms with E-state index < -0.39 is 10.7 Å². The molecule has 0 radical (unpaired) electrons. The third-order valence-corrected chi connectivity index (χ3v) is 3.46. The van der Waals surface area contributed by atoms with Crippen molar-refractivity contribution in [2.75, 3.05) is 25.1 Å². The summed E-state index contributed by atoms with van der Waals surface area (Å²) in [5, 5.41) is 13.7. The molecule has 1 N–H and O–H groups in total. The van der Waals surface area contributed by atoms with Crippen molar-refractivity contribution in [2.24, 2.45) is 5.92 Å². The lowest BCUT2D eigenvalue weighted by Crippen LogP contribution is -2.12. The molecule has 0 spiro atoms. The number of nitrogens with zero attached hydrogens (tertiary/aromatic N) is 1. The lowest BCUT2D eigenvalue weighted by atomic mass is 10.2. The molecule has 19 heavy (non-hydrogen) atoms. The lowest BCUT2D eigenvalue weighted by molar-refractivity contribution is -0.384. The molecule has 2 rings (SSSR count). The van der Waals surface area contributed by atoms with Gasteiger partial charge in [0.2, 0.25) is 0 Å². The summed E-state index contributed by atoms with van der Waals surface area (Å²) in [4.78, 5) is 10.3. The maximum atomic E-state index is 13.4. The first kappa shape index (κ1) is 14.2. The molecule has 0 aromatic heterocycles. The Hall–Kier alpha value is -1.21. The van der Waals surface area contributed by atoms with Crippen LogP contribution < -0.4 is 5.32 Å². The number of anilines is 1. The van der Waals surface area contributed by atoms with E-state index in [9.17, 15) is 14.5 Å². The molecule has 5 nitrogen and oxygen atoms in total. The Kier molecular flexibility index (Phi) is 4.71. The maximum absolute atomic E-state index is 13.4. The molecule has 0 heterocycles. The van der Waals surface area contributed by atoms with Gasteiger partial charge in [0.25, 0.3) is 5.69 Å². The van der Waals surface area contributed by atoms with Gasteiger partial charge >= 0.3 is 0 Å². The zero-order valence-electron chi connectivity index (χ0n) is 10.2. The van der Waals surface area contributed by atoms with E-state index in [2.05, 4.69) is 21.2 Å². The quantitative estimate of drug-likeness (QED) is 0.472. The Labute approximate surface area is 118 Å². The highest BCUT2D eigenvalue weighted by Crippen LogP contribution is 2.30. The van der Waals surface area contributed by atoms with Crippen molar-refractivity contribution in [2.45, 2.75) is 12.8 Å². The first-order valence-electron chi connectivity index (χ1n) is 6.03. The van der Waals surface area contributed by atoms with Gasteiger partial charge < -0.3 is 10.1 Å². The van der Waals surface area contributed by atoms with Crippen molar-refractivity contribution >= 4 is 27.3 Å². The monoisotopic (exact) mass is 332 g/mol. The van der Waals surface area contributed by atoms with Crippen LogP contribution in [-0.4, -0.2) is 24.7 Å². The van der Waals surface area contributed by atoms with Gasteiger partial charge in [-0.2, -0.15) is 0 Å². The standard InChI is InChI=1S/C12H14BrFN2O3/c13-9-5-12(16(17)18)11(6-10(9)14)15-3-4-19-7-8-1-2-8/h5-6,8,15H,1-4,7H2. The summed E-state index contributed by atoms with van der Waals surface area (Å²) < 4.78 is 18.8. The van der Waals surface area contributed by atoms with Crippen LogP contribution in [0.4, 0.5) is 15.8 Å². The molecule has 0 saturated heterocycles. The van der Waals surface area contributed by atoms with Crippen LogP contribution >= 0.6 is 15.9 Å². The second-order valence-corrected chi connectivity index (χ2v) is 5.34. The molecule has 0 unspecified atom stereocenters. The van der Waals surface area contributed by atoms with E-state index in [-0.39, 0.29) is 15.8 Å². The third-order valence-electron chi connectivity index (χ3n) is 2.85. The van der Waals surface area contributed by atoms with E-state index in [1.807, 2.05) is 0 Å². The van der Waals surface area contributed by atoms with E-state index in [0.29, 0.717) is 19.1 Å².